The molecule has 24 heavy (non-hydrogen) atoms. The van der Waals surface area contributed by atoms with Crippen molar-refractivity contribution in [2.75, 3.05) is 12.4 Å². The summed E-state index contributed by atoms with van der Waals surface area (Å²) in [6, 6.07) is 12.0. The molecule has 0 saturated carbocycles. The van der Waals surface area contributed by atoms with Gasteiger partial charge in [0.15, 0.2) is 5.13 Å². The molecule has 2 aromatic carbocycles. The van der Waals surface area contributed by atoms with Crippen LogP contribution in [0, 0.1) is 6.92 Å². The van der Waals surface area contributed by atoms with Crippen molar-refractivity contribution >= 4 is 43.4 Å². The molecule has 0 saturated heterocycles. The van der Waals surface area contributed by atoms with Crippen LogP contribution in [0.25, 0.3) is 21.3 Å². The van der Waals surface area contributed by atoms with Gasteiger partial charge in [-0.1, -0.05) is 23.5 Å². The van der Waals surface area contributed by atoms with Gasteiger partial charge < -0.3 is 14.6 Å². The molecule has 0 bridgehead atoms. The molecule has 4 aromatic rings. The Morgan fingerprint density at radius 1 is 1.17 bits per heavy atom. The first-order chi connectivity index (χ1) is 11.7. The number of para-hydroxylation sites is 2. The summed E-state index contributed by atoms with van der Waals surface area (Å²) < 4.78 is 8.76. The Bertz CT molecular complexity index is 1030. The Morgan fingerprint density at radius 3 is 2.79 bits per heavy atom. The van der Waals surface area contributed by atoms with Gasteiger partial charge in [0.1, 0.15) is 17.1 Å². The number of hydrogen-bond donors (Lipinski definition) is 1. The number of methoxy groups -OCH3 is 1. The number of ether oxygens (including phenoxy) is 1. The quantitative estimate of drug-likeness (QED) is 0.584. The smallest absolute Gasteiger partial charge is 0.188 e. The highest BCUT2D eigenvalue weighted by Crippen LogP contribution is 2.35. The van der Waals surface area contributed by atoms with E-state index in [1.165, 1.54) is 0 Å². The first kappa shape index (κ1) is 15.0. The van der Waals surface area contributed by atoms with Crippen LogP contribution in [-0.2, 0) is 6.54 Å². The Kier molecular flexibility index (Phi) is 3.61. The molecule has 0 aliphatic carbocycles. The zero-order chi connectivity index (χ0) is 16.7. The minimum atomic E-state index is 0.802. The Balaban J connectivity index is 1.85. The highest BCUT2D eigenvalue weighted by atomic mass is 32.1. The van der Waals surface area contributed by atoms with Crippen LogP contribution in [0.15, 0.2) is 36.4 Å². The lowest BCUT2D eigenvalue weighted by molar-refractivity contribution is 0.417. The van der Waals surface area contributed by atoms with Gasteiger partial charge in [-0.05, 0) is 38.1 Å². The fourth-order valence-corrected chi connectivity index (χ4v) is 3.91. The van der Waals surface area contributed by atoms with Crippen LogP contribution >= 0.6 is 11.3 Å². The van der Waals surface area contributed by atoms with E-state index in [2.05, 4.69) is 33.9 Å². The number of anilines is 2. The average Bonchev–Trinajstić information content (AvgIpc) is 3.14. The number of aromatic nitrogens is 3. The predicted octanol–water partition coefficient (Wildman–Crippen LogP) is 4.73. The molecule has 4 rings (SSSR count). The van der Waals surface area contributed by atoms with E-state index in [4.69, 9.17) is 9.72 Å². The molecule has 6 heteroatoms. The maximum absolute atomic E-state index is 5.40. The molecule has 0 unspecified atom stereocenters. The van der Waals surface area contributed by atoms with Crippen molar-refractivity contribution in [2.24, 2.45) is 0 Å². The summed E-state index contributed by atoms with van der Waals surface area (Å²) in [4.78, 5) is 9.47. The maximum atomic E-state index is 5.40. The molecule has 0 aliphatic heterocycles. The molecule has 1 N–H and O–H groups in total. The summed E-state index contributed by atoms with van der Waals surface area (Å²) in [6.07, 6.45) is 0. The fraction of sp³-hybridized carbons (Fsp3) is 0.222. The van der Waals surface area contributed by atoms with Gasteiger partial charge in [0.05, 0.1) is 28.5 Å². The molecule has 2 heterocycles. The van der Waals surface area contributed by atoms with Gasteiger partial charge in [-0.2, -0.15) is 0 Å². The Hall–Kier alpha value is -2.60. The summed E-state index contributed by atoms with van der Waals surface area (Å²) in [6.45, 7) is 5.05. The SMILES string of the molecule is CCn1c(C)nc2ccc3sc(Nc4ccccc4OC)nc3c21. The maximum Gasteiger partial charge on any atom is 0.188 e. The zero-order valence-corrected chi connectivity index (χ0v) is 14.6. The number of rotatable bonds is 4. The van der Waals surface area contributed by atoms with E-state index in [0.717, 1.165) is 50.2 Å². The van der Waals surface area contributed by atoms with Crippen LogP contribution in [-0.4, -0.2) is 21.6 Å². The number of hydrogen-bond acceptors (Lipinski definition) is 5. The predicted molar refractivity (Wildman–Crippen MR) is 99.6 cm³/mol. The number of aryl methyl sites for hydroxylation is 2. The van der Waals surface area contributed by atoms with Crippen LogP contribution in [0.2, 0.25) is 0 Å². The summed E-state index contributed by atoms with van der Waals surface area (Å²) in [5.41, 5.74) is 4.01. The van der Waals surface area contributed by atoms with E-state index in [0.29, 0.717) is 0 Å². The second-order valence-electron chi connectivity index (χ2n) is 5.53. The summed E-state index contributed by atoms with van der Waals surface area (Å²) in [5.74, 6) is 1.82. The number of imidazole rings is 1. The molecule has 0 atom stereocenters. The lowest BCUT2D eigenvalue weighted by atomic mass is 10.3. The van der Waals surface area contributed by atoms with Gasteiger partial charge in [-0.25, -0.2) is 9.97 Å². The first-order valence-electron chi connectivity index (χ1n) is 7.87. The second-order valence-corrected chi connectivity index (χ2v) is 6.56. The minimum Gasteiger partial charge on any atom is -0.495 e. The van der Waals surface area contributed by atoms with Crippen molar-refractivity contribution < 1.29 is 4.74 Å². The van der Waals surface area contributed by atoms with E-state index in [9.17, 15) is 0 Å². The van der Waals surface area contributed by atoms with E-state index in [-0.39, 0.29) is 0 Å². The zero-order valence-electron chi connectivity index (χ0n) is 13.8. The van der Waals surface area contributed by atoms with Crippen molar-refractivity contribution in [3.63, 3.8) is 0 Å². The van der Waals surface area contributed by atoms with Crippen LogP contribution in [0.3, 0.4) is 0 Å². The molecule has 5 nitrogen and oxygen atoms in total. The molecule has 0 aliphatic rings. The number of benzene rings is 2. The van der Waals surface area contributed by atoms with Crippen LogP contribution in [0.4, 0.5) is 10.8 Å². The van der Waals surface area contributed by atoms with Crippen LogP contribution in [0.5, 0.6) is 5.75 Å². The third-order valence-electron chi connectivity index (χ3n) is 4.12. The van der Waals surface area contributed by atoms with Gasteiger partial charge in [-0.15, -0.1) is 0 Å². The summed E-state index contributed by atoms with van der Waals surface area (Å²) >= 11 is 1.64. The van der Waals surface area contributed by atoms with Gasteiger partial charge in [0.25, 0.3) is 0 Å². The molecule has 0 radical (unpaired) electrons. The van der Waals surface area contributed by atoms with Gasteiger partial charge in [0, 0.05) is 6.54 Å². The normalized spacial score (nSPS) is 11.3. The molecule has 2 aromatic heterocycles. The third-order valence-corrected chi connectivity index (χ3v) is 5.06. The number of fused-ring (bicyclic) bond motifs is 3. The van der Waals surface area contributed by atoms with E-state index >= 15 is 0 Å². The van der Waals surface area contributed by atoms with Crippen LogP contribution in [0.1, 0.15) is 12.7 Å². The van der Waals surface area contributed by atoms with Crippen molar-refractivity contribution in [3.8, 4) is 5.75 Å². The lowest BCUT2D eigenvalue weighted by Crippen LogP contribution is -1.97. The second kappa shape index (κ2) is 5.79. The van der Waals surface area contributed by atoms with Crippen molar-refractivity contribution in [2.45, 2.75) is 20.4 Å². The van der Waals surface area contributed by atoms with E-state index in [1.54, 1.807) is 18.4 Å². The lowest BCUT2D eigenvalue weighted by Gasteiger charge is -2.07. The van der Waals surface area contributed by atoms with Gasteiger partial charge >= 0.3 is 0 Å². The van der Waals surface area contributed by atoms with Crippen molar-refractivity contribution in [1.82, 2.24) is 14.5 Å². The molecule has 0 spiro atoms. The van der Waals surface area contributed by atoms with Crippen molar-refractivity contribution in [3.05, 3.63) is 42.2 Å². The Morgan fingerprint density at radius 2 is 2.00 bits per heavy atom. The minimum absolute atomic E-state index is 0.802. The number of thiazole rings is 1. The molecule has 122 valence electrons. The number of nitrogens with zero attached hydrogens (tertiary/aromatic N) is 3. The molecule has 0 fully saturated rings. The van der Waals surface area contributed by atoms with E-state index in [1.807, 2.05) is 31.2 Å². The van der Waals surface area contributed by atoms with Gasteiger partial charge in [-0.3, -0.25) is 0 Å². The Labute approximate surface area is 143 Å². The average molecular weight is 338 g/mol. The topological polar surface area (TPSA) is 52.0 Å². The van der Waals surface area contributed by atoms with Gasteiger partial charge in [0.2, 0.25) is 0 Å². The highest BCUT2D eigenvalue weighted by molar-refractivity contribution is 7.22. The first-order valence-corrected chi connectivity index (χ1v) is 8.69. The monoisotopic (exact) mass is 338 g/mol. The molecule has 0 amide bonds. The van der Waals surface area contributed by atoms with Crippen LogP contribution < -0.4 is 10.1 Å². The molecular formula is C18H18N4OS. The summed E-state index contributed by atoms with van der Waals surface area (Å²) in [5, 5.41) is 4.23. The largest absolute Gasteiger partial charge is 0.495 e. The fourth-order valence-electron chi connectivity index (χ4n) is 3.03. The van der Waals surface area contributed by atoms with Crippen molar-refractivity contribution in [1.29, 1.82) is 0 Å². The highest BCUT2D eigenvalue weighted by Gasteiger charge is 2.14. The number of nitrogens with one attached hydrogen (secondary N) is 1. The summed E-state index contributed by atoms with van der Waals surface area (Å²) in [7, 11) is 1.67. The standard InChI is InChI=1S/C18H18N4OS/c1-4-22-11(2)19-13-9-10-15-16(17(13)22)21-18(24-15)20-12-7-5-6-8-14(12)23-3/h5-10H,4H2,1-3H3,(H,20,21). The van der Waals surface area contributed by atoms with E-state index < -0.39 is 0 Å². The third kappa shape index (κ3) is 2.30. The molecular weight excluding hydrogens is 320 g/mol.